The molecule has 0 bridgehead atoms. The van der Waals surface area contributed by atoms with E-state index in [2.05, 4.69) is 4.98 Å². The van der Waals surface area contributed by atoms with E-state index in [0.717, 1.165) is 12.7 Å². The summed E-state index contributed by atoms with van der Waals surface area (Å²) in [5.41, 5.74) is 4.82. The number of benzene rings is 1. The van der Waals surface area contributed by atoms with Crippen LogP contribution in [-0.4, -0.2) is 36.7 Å². The minimum absolute atomic E-state index is 0.00282. The molecular formula is C21H30N4O5S. The molecule has 0 atom stereocenters. The topological polar surface area (TPSA) is 135 Å². The number of carbonyl (C=O) groups is 1. The SMILES string of the molecule is CCCCn1c(N)c(N(CCC(C)C)C(=O)c2cccc(S(C)(=O)=O)c2)c(=O)[nH]c1=O. The number of hydrogen-bond donors (Lipinski definition) is 2. The van der Waals surface area contributed by atoms with Crippen LogP contribution in [0.25, 0.3) is 0 Å². The van der Waals surface area contributed by atoms with Gasteiger partial charge in [0.05, 0.1) is 4.90 Å². The van der Waals surface area contributed by atoms with Crippen molar-refractivity contribution in [2.24, 2.45) is 5.92 Å². The van der Waals surface area contributed by atoms with Gasteiger partial charge in [-0.3, -0.25) is 19.1 Å². The molecule has 31 heavy (non-hydrogen) atoms. The molecule has 0 unspecified atom stereocenters. The lowest BCUT2D eigenvalue weighted by atomic mass is 10.1. The molecule has 0 aliphatic rings. The van der Waals surface area contributed by atoms with Crippen LogP contribution in [0.15, 0.2) is 38.8 Å². The Hall–Kier alpha value is -2.88. The quantitative estimate of drug-likeness (QED) is 0.600. The number of nitrogens with one attached hydrogen (secondary N) is 1. The van der Waals surface area contributed by atoms with Gasteiger partial charge >= 0.3 is 5.69 Å². The van der Waals surface area contributed by atoms with E-state index in [1.165, 1.54) is 33.7 Å². The number of aromatic amines is 1. The van der Waals surface area contributed by atoms with Gasteiger partial charge in [-0.1, -0.05) is 33.3 Å². The molecule has 1 heterocycles. The lowest BCUT2D eigenvalue weighted by Gasteiger charge is -2.25. The smallest absolute Gasteiger partial charge is 0.330 e. The van der Waals surface area contributed by atoms with Gasteiger partial charge in [-0.25, -0.2) is 13.2 Å². The predicted octanol–water partition coefficient (Wildman–Crippen LogP) is 2.02. The highest BCUT2D eigenvalue weighted by atomic mass is 32.2. The van der Waals surface area contributed by atoms with Crippen molar-refractivity contribution in [3.63, 3.8) is 0 Å². The molecule has 0 spiro atoms. The van der Waals surface area contributed by atoms with Gasteiger partial charge in [0, 0.05) is 24.9 Å². The first-order valence-corrected chi connectivity index (χ1v) is 12.1. The number of sulfone groups is 1. The second kappa shape index (κ2) is 9.95. The highest BCUT2D eigenvalue weighted by Gasteiger charge is 2.26. The van der Waals surface area contributed by atoms with Crippen LogP contribution in [0.3, 0.4) is 0 Å². The number of nitrogens with two attached hydrogens (primary N) is 1. The molecule has 3 N–H and O–H groups in total. The predicted molar refractivity (Wildman–Crippen MR) is 121 cm³/mol. The summed E-state index contributed by atoms with van der Waals surface area (Å²) in [5, 5.41) is 0. The fourth-order valence-corrected chi connectivity index (χ4v) is 3.76. The first-order chi connectivity index (χ1) is 14.5. The molecule has 2 rings (SSSR count). The number of nitrogen functional groups attached to an aromatic ring is 1. The molecule has 1 amide bonds. The Balaban J connectivity index is 2.64. The van der Waals surface area contributed by atoms with E-state index < -0.39 is 27.0 Å². The highest BCUT2D eigenvalue weighted by molar-refractivity contribution is 7.90. The van der Waals surface area contributed by atoms with E-state index in [4.69, 9.17) is 5.73 Å². The fraction of sp³-hybridized carbons (Fsp3) is 0.476. The van der Waals surface area contributed by atoms with Crippen LogP contribution < -0.4 is 21.9 Å². The summed E-state index contributed by atoms with van der Waals surface area (Å²) in [4.78, 5) is 41.8. The van der Waals surface area contributed by atoms with Crippen LogP contribution in [0.4, 0.5) is 11.5 Å². The zero-order chi connectivity index (χ0) is 23.3. The Morgan fingerprint density at radius 2 is 1.94 bits per heavy atom. The zero-order valence-electron chi connectivity index (χ0n) is 18.3. The maximum Gasteiger partial charge on any atom is 0.330 e. The van der Waals surface area contributed by atoms with Crippen molar-refractivity contribution in [2.45, 2.75) is 51.5 Å². The molecule has 9 nitrogen and oxygen atoms in total. The normalized spacial score (nSPS) is 11.6. The number of rotatable bonds is 9. The number of unbranched alkanes of at least 4 members (excludes halogenated alkanes) is 1. The summed E-state index contributed by atoms with van der Waals surface area (Å²) >= 11 is 0. The van der Waals surface area contributed by atoms with Gasteiger partial charge in [-0.15, -0.1) is 0 Å². The monoisotopic (exact) mass is 450 g/mol. The Morgan fingerprint density at radius 1 is 1.26 bits per heavy atom. The first kappa shape index (κ1) is 24.4. The van der Waals surface area contributed by atoms with Crippen LogP contribution in [0.2, 0.25) is 0 Å². The molecule has 0 aliphatic heterocycles. The number of amides is 1. The van der Waals surface area contributed by atoms with E-state index >= 15 is 0 Å². The van der Waals surface area contributed by atoms with Crippen LogP contribution in [-0.2, 0) is 16.4 Å². The maximum absolute atomic E-state index is 13.4. The second-order valence-electron chi connectivity index (χ2n) is 7.94. The fourth-order valence-electron chi connectivity index (χ4n) is 3.09. The highest BCUT2D eigenvalue weighted by Crippen LogP contribution is 2.22. The van der Waals surface area contributed by atoms with Crippen molar-refractivity contribution in [3.05, 3.63) is 50.7 Å². The van der Waals surface area contributed by atoms with Crippen molar-refractivity contribution < 1.29 is 13.2 Å². The van der Waals surface area contributed by atoms with Crippen LogP contribution in [0.1, 0.15) is 50.4 Å². The van der Waals surface area contributed by atoms with Crippen molar-refractivity contribution in [1.82, 2.24) is 9.55 Å². The van der Waals surface area contributed by atoms with Gasteiger partial charge in [-0.2, -0.15) is 0 Å². The average Bonchev–Trinajstić information content (AvgIpc) is 2.69. The van der Waals surface area contributed by atoms with Gasteiger partial charge < -0.3 is 10.6 Å². The summed E-state index contributed by atoms with van der Waals surface area (Å²) < 4.78 is 25.1. The number of hydrogen-bond acceptors (Lipinski definition) is 6. The number of aromatic nitrogens is 2. The summed E-state index contributed by atoms with van der Waals surface area (Å²) in [5.74, 6) is -0.424. The van der Waals surface area contributed by atoms with E-state index in [0.29, 0.717) is 19.4 Å². The third kappa shape index (κ3) is 5.84. The number of carbonyl (C=O) groups excluding carboxylic acids is 1. The summed E-state index contributed by atoms with van der Waals surface area (Å²) in [7, 11) is -3.52. The number of nitrogens with zero attached hydrogens (tertiary/aromatic N) is 2. The Kier molecular flexibility index (Phi) is 7.83. The molecule has 1 aromatic heterocycles. The Morgan fingerprint density at radius 3 is 2.52 bits per heavy atom. The summed E-state index contributed by atoms with van der Waals surface area (Å²) in [6, 6.07) is 5.63. The van der Waals surface area contributed by atoms with Crippen molar-refractivity contribution in [2.75, 3.05) is 23.4 Å². The first-order valence-electron chi connectivity index (χ1n) is 10.2. The van der Waals surface area contributed by atoms with Gasteiger partial charge in [-0.05, 0) is 37.0 Å². The Labute approximate surface area is 181 Å². The minimum Gasteiger partial charge on any atom is -0.383 e. The molecule has 0 saturated carbocycles. The van der Waals surface area contributed by atoms with E-state index in [1.807, 2.05) is 20.8 Å². The van der Waals surface area contributed by atoms with Crippen molar-refractivity contribution in [1.29, 1.82) is 0 Å². The minimum atomic E-state index is -3.52. The van der Waals surface area contributed by atoms with Gasteiger partial charge in [0.15, 0.2) is 15.5 Å². The Bertz CT molecular complexity index is 1170. The largest absolute Gasteiger partial charge is 0.383 e. The summed E-state index contributed by atoms with van der Waals surface area (Å²) in [6.07, 6.45) is 3.12. The average molecular weight is 451 g/mol. The van der Waals surface area contributed by atoms with E-state index in [9.17, 15) is 22.8 Å². The van der Waals surface area contributed by atoms with Crippen LogP contribution >= 0.6 is 0 Å². The molecule has 0 radical (unpaired) electrons. The lowest BCUT2D eigenvalue weighted by molar-refractivity contribution is 0.0985. The third-order valence-electron chi connectivity index (χ3n) is 4.90. The molecule has 170 valence electrons. The molecular weight excluding hydrogens is 420 g/mol. The molecule has 0 aliphatic carbocycles. The molecule has 0 saturated heterocycles. The number of H-pyrrole nitrogens is 1. The zero-order valence-corrected chi connectivity index (χ0v) is 19.2. The summed E-state index contributed by atoms with van der Waals surface area (Å²) in [6.45, 7) is 6.39. The van der Waals surface area contributed by atoms with Crippen LogP contribution in [0.5, 0.6) is 0 Å². The van der Waals surface area contributed by atoms with Gasteiger partial charge in [0.1, 0.15) is 5.82 Å². The molecule has 10 heteroatoms. The second-order valence-corrected chi connectivity index (χ2v) is 9.95. The molecule has 1 aromatic carbocycles. The van der Waals surface area contributed by atoms with E-state index in [-0.39, 0.29) is 34.4 Å². The number of anilines is 2. The van der Waals surface area contributed by atoms with E-state index in [1.54, 1.807) is 0 Å². The van der Waals surface area contributed by atoms with Crippen molar-refractivity contribution in [3.8, 4) is 0 Å². The molecule has 2 aromatic rings. The van der Waals surface area contributed by atoms with Crippen LogP contribution in [0, 0.1) is 5.92 Å². The van der Waals surface area contributed by atoms with Crippen molar-refractivity contribution >= 4 is 27.2 Å². The standard InChI is InChI=1S/C21H30N4O5S/c1-5-6-11-25-18(22)17(19(26)23-21(25)28)24(12-10-14(2)3)20(27)15-8-7-9-16(13-15)31(4,29)30/h7-9,13-14H,5-6,10-12,22H2,1-4H3,(H,23,26,28). The maximum atomic E-state index is 13.4. The third-order valence-corrected chi connectivity index (χ3v) is 6.01. The lowest BCUT2D eigenvalue weighted by Crippen LogP contribution is -2.42. The van der Waals surface area contributed by atoms with Gasteiger partial charge in [0.25, 0.3) is 11.5 Å². The van der Waals surface area contributed by atoms with Gasteiger partial charge in [0.2, 0.25) is 0 Å². The molecule has 0 fully saturated rings.